The standard InChI is InChI=1S/C19H30O6/c1-8-15(20)23-14-10-12(16(21)24-18(2,3)4)9-13(11-14)17(22)25-19(5,6)7/h8,12-14H,1,9-11H2,2-7H3. The van der Waals surface area contributed by atoms with Gasteiger partial charge in [0.1, 0.15) is 17.3 Å². The van der Waals surface area contributed by atoms with Crippen LogP contribution in [0.15, 0.2) is 12.7 Å². The fourth-order valence-electron chi connectivity index (χ4n) is 2.73. The van der Waals surface area contributed by atoms with E-state index < -0.39 is 35.1 Å². The third kappa shape index (κ3) is 7.71. The molecule has 1 rings (SSSR count). The maximum absolute atomic E-state index is 12.4. The summed E-state index contributed by atoms with van der Waals surface area (Å²) < 4.78 is 16.2. The maximum Gasteiger partial charge on any atom is 0.330 e. The zero-order chi connectivity index (χ0) is 19.4. The molecule has 0 spiro atoms. The summed E-state index contributed by atoms with van der Waals surface area (Å²) in [5.41, 5.74) is -1.24. The van der Waals surface area contributed by atoms with Crippen LogP contribution in [0, 0.1) is 11.8 Å². The van der Waals surface area contributed by atoms with Gasteiger partial charge in [0, 0.05) is 6.08 Å². The third-order valence-electron chi connectivity index (χ3n) is 3.59. The molecule has 1 fully saturated rings. The first-order chi connectivity index (χ1) is 11.3. The molecule has 2 atom stereocenters. The SMILES string of the molecule is C=CC(=O)OC1CC(C(=O)OC(C)(C)C)CC(C(=O)OC(C)(C)C)C1. The highest BCUT2D eigenvalue weighted by atomic mass is 16.6. The highest BCUT2D eigenvalue weighted by molar-refractivity contribution is 5.81. The zero-order valence-electron chi connectivity index (χ0n) is 16.1. The van der Waals surface area contributed by atoms with Gasteiger partial charge in [-0.25, -0.2) is 4.79 Å². The van der Waals surface area contributed by atoms with Crippen molar-refractivity contribution in [3.05, 3.63) is 12.7 Å². The van der Waals surface area contributed by atoms with Crippen LogP contribution >= 0.6 is 0 Å². The van der Waals surface area contributed by atoms with E-state index in [2.05, 4.69) is 6.58 Å². The molecule has 0 aliphatic heterocycles. The monoisotopic (exact) mass is 354 g/mol. The van der Waals surface area contributed by atoms with Crippen molar-refractivity contribution in [3.63, 3.8) is 0 Å². The van der Waals surface area contributed by atoms with Crippen LogP contribution in [0.1, 0.15) is 60.8 Å². The lowest BCUT2D eigenvalue weighted by atomic mass is 9.79. The van der Waals surface area contributed by atoms with E-state index in [-0.39, 0.29) is 11.9 Å². The molecular weight excluding hydrogens is 324 g/mol. The lowest BCUT2D eigenvalue weighted by molar-refractivity contribution is -0.173. The van der Waals surface area contributed by atoms with Gasteiger partial charge in [-0.05, 0) is 60.8 Å². The van der Waals surface area contributed by atoms with E-state index >= 15 is 0 Å². The Labute approximate surface area is 149 Å². The van der Waals surface area contributed by atoms with Crippen LogP contribution < -0.4 is 0 Å². The average Bonchev–Trinajstić information content (AvgIpc) is 2.43. The topological polar surface area (TPSA) is 78.9 Å². The summed E-state index contributed by atoms with van der Waals surface area (Å²) in [4.78, 5) is 36.4. The van der Waals surface area contributed by atoms with Gasteiger partial charge in [0.2, 0.25) is 0 Å². The van der Waals surface area contributed by atoms with Crippen molar-refractivity contribution < 1.29 is 28.6 Å². The molecule has 25 heavy (non-hydrogen) atoms. The van der Waals surface area contributed by atoms with Gasteiger partial charge in [0.05, 0.1) is 11.8 Å². The number of esters is 3. The van der Waals surface area contributed by atoms with Crippen molar-refractivity contribution in [1.29, 1.82) is 0 Å². The van der Waals surface area contributed by atoms with Gasteiger partial charge in [-0.2, -0.15) is 0 Å². The Balaban J connectivity index is 2.90. The number of ether oxygens (including phenoxy) is 3. The van der Waals surface area contributed by atoms with E-state index in [1.165, 1.54) is 0 Å². The largest absolute Gasteiger partial charge is 0.460 e. The van der Waals surface area contributed by atoms with E-state index in [0.29, 0.717) is 19.3 Å². The molecule has 142 valence electrons. The van der Waals surface area contributed by atoms with Gasteiger partial charge in [0.15, 0.2) is 0 Å². The van der Waals surface area contributed by atoms with E-state index in [0.717, 1.165) is 6.08 Å². The molecule has 0 N–H and O–H groups in total. The summed E-state index contributed by atoms with van der Waals surface area (Å²) >= 11 is 0. The van der Waals surface area contributed by atoms with E-state index in [1.54, 1.807) is 41.5 Å². The van der Waals surface area contributed by atoms with Gasteiger partial charge >= 0.3 is 17.9 Å². The van der Waals surface area contributed by atoms with Gasteiger partial charge in [-0.3, -0.25) is 9.59 Å². The maximum atomic E-state index is 12.4. The fraction of sp³-hybridized carbons (Fsp3) is 0.737. The number of hydrogen-bond donors (Lipinski definition) is 0. The summed E-state index contributed by atoms with van der Waals surface area (Å²) in [6, 6.07) is 0. The molecule has 0 saturated heterocycles. The van der Waals surface area contributed by atoms with Crippen LogP contribution in [-0.4, -0.2) is 35.2 Å². The van der Waals surface area contributed by atoms with Gasteiger partial charge in [-0.15, -0.1) is 0 Å². The third-order valence-corrected chi connectivity index (χ3v) is 3.59. The smallest absolute Gasteiger partial charge is 0.330 e. The molecule has 0 bridgehead atoms. The first-order valence-electron chi connectivity index (χ1n) is 8.59. The summed E-state index contributed by atoms with van der Waals surface area (Å²) in [5.74, 6) is -2.39. The van der Waals surface area contributed by atoms with Crippen LogP contribution in [0.25, 0.3) is 0 Å². The van der Waals surface area contributed by atoms with Crippen LogP contribution in [0.2, 0.25) is 0 Å². The molecule has 1 saturated carbocycles. The molecular formula is C19H30O6. The van der Waals surface area contributed by atoms with Crippen molar-refractivity contribution in [3.8, 4) is 0 Å². The van der Waals surface area contributed by atoms with Crippen LogP contribution in [0.3, 0.4) is 0 Å². The molecule has 6 nitrogen and oxygen atoms in total. The fourth-order valence-corrected chi connectivity index (χ4v) is 2.73. The predicted molar refractivity (Wildman–Crippen MR) is 92.6 cm³/mol. The van der Waals surface area contributed by atoms with Gasteiger partial charge in [0.25, 0.3) is 0 Å². The number of carbonyl (C=O) groups is 3. The molecule has 2 unspecified atom stereocenters. The molecule has 1 aliphatic rings. The highest BCUT2D eigenvalue weighted by Crippen LogP contribution is 2.34. The predicted octanol–water partition coefficient (Wildman–Crippen LogP) is 3.18. The Hall–Kier alpha value is -1.85. The Morgan fingerprint density at radius 3 is 1.56 bits per heavy atom. The molecule has 1 aliphatic carbocycles. The van der Waals surface area contributed by atoms with Crippen molar-refractivity contribution >= 4 is 17.9 Å². The number of rotatable bonds is 4. The first kappa shape index (κ1) is 21.2. The van der Waals surface area contributed by atoms with Crippen LogP contribution in [0.4, 0.5) is 0 Å². The minimum absolute atomic E-state index is 0.325. The Morgan fingerprint density at radius 2 is 1.24 bits per heavy atom. The average molecular weight is 354 g/mol. The summed E-state index contributed by atoms with van der Waals surface area (Å²) in [6.07, 6.45) is 1.50. The minimum Gasteiger partial charge on any atom is -0.460 e. The molecule has 0 radical (unpaired) electrons. The zero-order valence-corrected chi connectivity index (χ0v) is 16.1. The Bertz CT molecular complexity index is 487. The minimum atomic E-state index is -0.622. The lowest BCUT2D eigenvalue weighted by Crippen LogP contribution is -2.40. The molecule has 0 heterocycles. The van der Waals surface area contributed by atoms with Gasteiger partial charge < -0.3 is 14.2 Å². The second-order valence-electron chi connectivity index (χ2n) is 8.43. The Kier molecular flexibility index (Phi) is 6.80. The lowest BCUT2D eigenvalue weighted by Gasteiger charge is -2.34. The van der Waals surface area contributed by atoms with E-state index in [1.807, 2.05) is 0 Å². The van der Waals surface area contributed by atoms with E-state index in [9.17, 15) is 14.4 Å². The summed E-state index contributed by atoms with van der Waals surface area (Å²) in [6.45, 7) is 14.1. The van der Waals surface area contributed by atoms with Crippen molar-refractivity contribution in [1.82, 2.24) is 0 Å². The molecule has 0 aromatic carbocycles. The Morgan fingerprint density at radius 1 is 0.840 bits per heavy atom. The van der Waals surface area contributed by atoms with Crippen molar-refractivity contribution in [2.45, 2.75) is 78.1 Å². The first-order valence-corrected chi connectivity index (χ1v) is 8.59. The highest BCUT2D eigenvalue weighted by Gasteiger charge is 2.40. The molecule has 0 aromatic heterocycles. The van der Waals surface area contributed by atoms with E-state index in [4.69, 9.17) is 14.2 Å². The van der Waals surface area contributed by atoms with Crippen LogP contribution in [-0.2, 0) is 28.6 Å². The second-order valence-corrected chi connectivity index (χ2v) is 8.43. The summed E-state index contributed by atoms with van der Waals surface area (Å²) in [5, 5.41) is 0. The van der Waals surface area contributed by atoms with Crippen LogP contribution in [0.5, 0.6) is 0 Å². The second kappa shape index (κ2) is 8.02. The number of carbonyl (C=O) groups excluding carboxylic acids is 3. The van der Waals surface area contributed by atoms with Gasteiger partial charge in [-0.1, -0.05) is 6.58 Å². The molecule has 0 aromatic rings. The van der Waals surface area contributed by atoms with Crippen molar-refractivity contribution in [2.24, 2.45) is 11.8 Å². The van der Waals surface area contributed by atoms with Crippen molar-refractivity contribution in [2.75, 3.05) is 0 Å². The normalized spacial score (nSPS) is 24.2. The molecule has 6 heteroatoms. The number of hydrogen-bond acceptors (Lipinski definition) is 6. The molecule has 0 amide bonds. The summed E-state index contributed by atoms with van der Waals surface area (Å²) in [7, 11) is 0. The quantitative estimate of drug-likeness (QED) is 0.438.